The Hall–Kier alpha value is -1.47. The summed E-state index contributed by atoms with van der Waals surface area (Å²) in [7, 11) is -2.29. The Labute approximate surface area is 97.9 Å². The van der Waals surface area contributed by atoms with Crippen LogP contribution in [0.15, 0.2) is 23.1 Å². The zero-order valence-electron chi connectivity index (χ0n) is 9.03. The highest BCUT2D eigenvalue weighted by Gasteiger charge is 2.40. The van der Waals surface area contributed by atoms with Gasteiger partial charge in [0.25, 0.3) is 0 Å². The highest BCUT2D eigenvalue weighted by molar-refractivity contribution is 7.93. The van der Waals surface area contributed by atoms with Crippen LogP contribution in [0.2, 0.25) is 0 Å². The van der Waals surface area contributed by atoms with Crippen molar-refractivity contribution in [1.82, 2.24) is 5.32 Å². The third-order valence-electron chi connectivity index (χ3n) is 2.59. The quantitative estimate of drug-likeness (QED) is 0.791. The summed E-state index contributed by atoms with van der Waals surface area (Å²) in [5.74, 6) is -1.46. The monoisotopic (exact) mass is 258 g/mol. The molecule has 0 saturated heterocycles. The highest BCUT2D eigenvalue weighted by atomic mass is 32.2. The number of halogens is 1. The number of benzene rings is 1. The molecule has 1 unspecified atom stereocenters. The molecule has 1 atom stereocenters. The van der Waals surface area contributed by atoms with Crippen LogP contribution in [-0.2, 0) is 14.6 Å². The number of sulfone groups is 1. The standard InChI is InChI=1S/C10H11FN2O3S/c1-12-5-8-10(14)13-9-6(11)3-2-4-7(9)17(8,15)16/h2-4,8,12H,5H2,1H3,(H,13,14). The van der Waals surface area contributed by atoms with E-state index in [9.17, 15) is 17.6 Å². The maximum atomic E-state index is 13.4. The SMILES string of the molecule is CNCC1C(=O)Nc2c(F)cccc2S1(=O)=O. The maximum absolute atomic E-state index is 13.4. The van der Waals surface area contributed by atoms with Gasteiger partial charge in [0.1, 0.15) is 5.82 Å². The second-order valence-corrected chi connectivity index (χ2v) is 5.79. The third kappa shape index (κ3) is 1.81. The average Bonchev–Trinajstić information content (AvgIpc) is 2.26. The van der Waals surface area contributed by atoms with E-state index in [1.807, 2.05) is 0 Å². The van der Waals surface area contributed by atoms with Gasteiger partial charge in [-0.3, -0.25) is 4.79 Å². The number of rotatable bonds is 2. The van der Waals surface area contributed by atoms with Crippen LogP contribution < -0.4 is 10.6 Å². The molecule has 0 saturated carbocycles. The van der Waals surface area contributed by atoms with Crippen LogP contribution in [0.4, 0.5) is 10.1 Å². The Morgan fingerprint density at radius 2 is 2.18 bits per heavy atom. The lowest BCUT2D eigenvalue weighted by atomic mass is 10.2. The van der Waals surface area contributed by atoms with Gasteiger partial charge in [-0.1, -0.05) is 6.07 Å². The first kappa shape index (κ1) is 12.0. The number of amides is 1. The number of anilines is 1. The largest absolute Gasteiger partial charge is 0.321 e. The molecule has 1 aliphatic heterocycles. The number of para-hydroxylation sites is 1. The minimum Gasteiger partial charge on any atom is -0.321 e. The van der Waals surface area contributed by atoms with Crippen LogP contribution in [-0.4, -0.2) is 33.2 Å². The van der Waals surface area contributed by atoms with Crippen molar-refractivity contribution < 1.29 is 17.6 Å². The van der Waals surface area contributed by atoms with Crippen LogP contribution >= 0.6 is 0 Å². The van der Waals surface area contributed by atoms with Gasteiger partial charge in [0.05, 0.1) is 10.6 Å². The second-order valence-electron chi connectivity index (χ2n) is 3.69. The van der Waals surface area contributed by atoms with E-state index in [2.05, 4.69) is 10.6 Å². The summed E-state index contributed by atoms with van der Waals surface area (Å²) in [6.45, 7) is -0.00980. The molecule has 1 aromatic rings. The van der Waals surface area contributed by atoms with Crippen molar-refractivity contribution in [3.63, 3.8) is 0 Å². The summed E-state index contributed by atoms with van der Waals surface area (Å²) in [5.41, 5.74) is -0.259. The molecule has 0 spiro atoms. The van der Waals surface area contributed by atoms with Crippen molar-refractivity contribution in [2.24, 2.45) is 0 Å². The molecule has 7 heteroatoms. The average molecular weight is 258 g/mol. The second kappa shape index (κ2) is 4.08. The van der Waals surface area contributed by atoms with E-state index in [1.165, 1.54) is 12.1 Å². The summed E-state index contributed by atoms with van der Waals surface area (Å²) >= 11 is 0. The summed E-state index contributed by atoms with van der Waals surface area (Å²) < 4.78 is 37.6. The van der Waals surface area contributed by atoms with Crippen LogP contribution in [0.25, 0.3) is 0 Å². The number of fused-ring (bicyclic) bond motifs is 1. The Balaban J connectivity index is 2.62. The summed E-state index contributed by atoms with van der Waals surface area (Å²) in [6.07, 6.45) is 0. The molecule has 2 rings (SSSR count). The predicted molar refractivity (Wildman–Crippen MR) is 59.9 cm³/mol. The fourth-order valence-electron chi connectivity index (χ4n) is 1.75. The number of hydrogen-bond donors (Lipinski definition) is 2. The number of carbonyl (C=O) groups is 1. The van der Waals surface area contributed by atoms with E-state index in [-0.39, 0.29) is 17.1 Å². The molecule has 1 amide bonds. The van der Waals surface area contributed by atoms with Gasteiger partial charge >= 0.3 is 0 Å². The zero-order chi connectivity index (χ0) is 12.6. The van der Waals surface area contributed by atoms with Crippen molar-refractivity contribution >= 4 is 21.4 Å². The molecule has 0 aliphatic carbocycles. The smallest absolute Gasteiger partial charge is 0.244 e. The molecular weight excluding hydrogens is 247 g/mol. The molecule has 0 bridgehead atoms. The minimum absolute atomic E-state index is 0.00980. The first-order chi connectivity index (χ1) is 7.98. The van der Waals surface area contributed by atoms with Crippen LogP contribution in [0, 0.1) is 5.82 Å². The first-order valence-electron chi connectivity index (χ1n) is 4.96. The van der Waals surface area contributed by atoms with Crippen LogP contribution in [0.3, 0.4) is 0 Å². The fourth-order valence-corrected chi connectivity index (χ4v) is 3.48. The Bertz CT molecular complexity index is 571. The molecule has 2 N–H and O–H groups in total. The predicted octanol–water partition coefficient (Wildman–Crippen LogP) is 0.139. The maximum Gasteiger partial charge on any atom is 0.244 e. The van der Waals surface area contributed by atoms with Crippen molar-refractivity contribution in [2.45, 2.75) is 10.1 Å². The zero-order valence-corrected chi connectivity index (χ0v) is 9.84. The van der Waals surface area contributed by atoms with Gasteiger partial charge in [-0.15, -0.1) is 0 Å². The number of nitrogens with one attached hydrogen (secondary N) is 2. The summed E-state index contributed by atoms with van der Waals surface area (Å²) in [5, 5.41) is 3.70. The Kier molecular flexibility index (Phi) is 2.88. The third-order valence-corrected chi connectivity index (χ3v) is 4.67. The van der Waals surface area contributed by atoms with Crippen molar-refractivity contribution in [3.05, 3.63) is 24.0 Å². The lowest BCUT2D eigenvalue weighted by molar-refractivity contribution is -0.115. The normalized spacial score (nSPS) is 21.8. The first-order valence-corrected chi connectivity index (χ1v) is 6.51. The molecule has 92 valence electrons. The van der Waals surface area contributed by atoms with Crippen molar-refractivity contribution in [2.75, 3.05) is 18.9 Å². The topological polar surface area (TPSA) is 75.3 Å². The lowest BCUT2D eigenvalue weighted by Crippen LogP contribution is -2.45. The minimum atomic E-state index is -3.83. The lowest BCUT2D eigenvalue weighted by Gasteiger charge is -2.24. The van der Waals surface area contributed by atoms with E-state index in [0.717, 1.165) is 6.07 Å². The molecule has 0 radical (unpaired) electrons. The van der Waals surface area contributed by atoms with E-state index >= 15 is 0 Å². The van der Waals surface area contributed by atoms with E-state index in [0.29, 0.717) is 0 Å². The molecule has 1 aromatic carbocycles. The van der Waals surface area contributed by atoms with E-state index < -0.39 is 26.8 Å². The molecule has 0 fully saturated rings. The Morgan fingerprint density at radius 3 is 2.82 bits per heavy atom. The van der Waals surface area contributed by atoms with Crippen LogP contribution in [0.1, 0.15) is 0 Å². The molecule has 5 nitrogen and oxygen atoms in total. The van der Waals surface area contributed by atoms with E-state index in [1.54, 1.807) is 7.05 Å². The Morgan fingerprint density at radius 1 is 1.47 bits per heavy atom. The molecular formula is C10H11FN2O3S. The van der Waals surface area contributed by atoms with Gasteiger partial charge in [-0.25, -0.2) is 12.8 Å². The number of hydrogen-bond acceptors (Lipinski definition) is 4. The van der Waals surface area contributed by atoms with Crippen molar-refractivity contribution in [3.8, 4) is 0 Å². The van der Waals surface area contributed by atoms with Crippen molar-refractivity contribution in [1.29, 1.82) is 0 Å². The van der Waals surface area contributed by atoms with Gasteiger partial charge in [0.15, 0.2) is 15.1 Å². The molecule has 1 aliphatic rings. The van der Waals surface area contributed by atoms with Gasteiger partial charge < -0.3 is 10.6 Å². The summed E-state index contributed by atoms with van der Waals surface area (Å²) in [4.78, 5) is 11.4. The fraction of sp³-hybridized carbons (Fsp3) is 0.300. The van der Waals surface area contributed by atoms with Gasteiger partial charge in [0, 0.05) is 6.54 Å². The molecule has 0 aromatic heterocycles. The van der Waals surface area contributed by atoms with E-state index in [4.69, 9.17) is 0 Å². The van der Waals surface area contributed by atoms with Gasteiger partial charge in [-0.2, -0.15) is 0 Å². The summed E-state index contributed by atoms with van der Waals surface area (Å²) in [6, 6.07) is 3.70. The number of carbonyl (C=O) groups excluding carboxylic acids is 1. The van der Waals surface area contributed by atoms with Gasteiger partial charge in [-0.05, 0) is 19.2 Å². The molecule has 1 heterocycles. The van der Waals surface area contributed by atoms with Gasteiger partial charge in [0.2, 0.25) is 5.91 Å². The van der Waals surface area contributed by atoms with Crippen LogP contribution in [0.5, 0.6) is 0 Å². The highest BCUT2D eigenvalue weighted by Crippen LogP contribution is 2.31. The molecule has 17 heavy (non-hydrogen) atoms.